The maximum absolute atomic E-state index is 13.8. The molecule has 3 rings (SSSR count). The van der Waals surface area contributed by atoms with Crippen LogP contribution < -0.4 is 10.6 Å². The molecule has 2 aromatic rings. The van der Waals surface area contributed by atoms with Gasteiger partial charge in [-0.1, -0.05) is 59.6 Å². The summed E-state index contributed by atoms with van der Waals surface area (Å²) in [5.41, 5.74) is 2.82. The van der Waals surface area contributed by atoms with Crippen molar-refractivity contribution in [2.45, 2.75) is 97.4 Å². The van der Waals surface area contributed by atoms with Gasteiger partial charge >= 0.3 is 0 Å². The molecule has 0 radical (unpaired) electrons. The average molecular weight is 583 g/mol. The Morgan fingerprint density at radius 1 is 1.12 bits per heavy atom. The summed E-state index contributed by atoms with van der Waals surface area (Å²) in [4.78, 5) is 46.2. The van der Waals surface area contributed by atoms with E-state index in [4.69, 9.17) is 4.98 Å². The first-order valence-electron chi connectivity index (χ1n) is 15.5. The monoisotopic (exact) mass is 582 g/mol. The van der Waals surface area contributed by atoms with Crippen LogP contribution in [0, 0.1) is 11.8 Å². The number of nitrogens with one attached hydrogen (secondary N) is 2. The highest BCUT2D eigenvalue weighted by molar-refractivity contribution is 7.18. The molecule has 41 heavy (non-hydrogen) atoms. The number of carbonyl (C=O) groups excluding carboxylic acids is 3. The molecule has 226 valence electrons. The Morgan fingerprint density at radius 3 is 2.46 bits per heavy atom. The molecule has 1 saturated carbocycles. The van der Waals surface area contributed by atoms with Crippen LogP contribution in [-0.2, 0) is 20.8 Å². The van der Waals surface area contributed by atoms with Crippen molar-refractivity contribution in [3.05, 3.63) is 40.9 Å². The van der Waals surface area contributed by atoms with E-state index in [2.05, 4.69) is 61.9 Å². The highest BCUT2D eigenvalue weighted by Gasteiger charge is 2.30. The van der Waals surface area contributed by atoms with Crippen LogP contribution in [0.2, 0.25) is 0 Å². The minimum absolute atomic E-state index is 0.0733. The molecular formula is C33H50N4O3S. The van der Waals surface area contributed by atoms with Crippen LogP contribution in [0.4, 0.5) is 0 Å². The third kappa shape index (κ3) is 9.74. The number of aromatic nitrogens is 1. The molecule has 0 bridgehead atoms. The molecular weight excluding hydrogens is 532 g/mol. The SMILES string of the molecule is C=C(CN(CC)CC)C(=O)CC[C@@H](NC(=O)[C@@H](CC(=O)NC)Cc1nc2ccc(C(C)C)cc2s1)C1CCCCC1. The molecule has 8 heteroatoms. The second-order valence-electron chi connectivity index (χ2n) is 11.8. The zero-order valence-electron chi connectivity index (χ0n) is 25.8. The van der Waals surface area contributed by atoms with Crippen molar-refractivity contribution >= 4 is 39.2 Å². The maximum atomic E-state index is 13.8. The van der Waals surface area contributed by atoms with E-state index in [1.165, 1.54) is 12.0 Å². The largest absolute Gasteiger partial charge is 0.359 e. The molecule has 0 spiro atoms. The van der Waals surface area contributed by atoms with Gasteiger partial charge in [-0.15, -0.1) is 11.3 Å². The highest BCUT2D eigenvalue weighted by atomic mass is 32.1. The molecule has 1 aromatic heterocycles. The van der Waals surface area contributed by atoms with Crippen molar-refractivity contribution in [3.63, 3.8) is 0 Å². The molecule has 1 fully saturated rings. The zero-order valence-corrected chi connectivity index (χ0v) is 26.6. The molecule has 1 aromatic carbocycles. The van der Waals surface area contributed by atoms with Gasteiger partial charge in [-0.2, -0.15) is 0 Å². The van der Waals surface area contributed by atoms with Gasteiger partial charge in [0.25, 0.3) is 0 Å². The fraction of sp³-hybridized carbons (Fsp3) is 0.636. The molecule has 2 amide bonds. The lowest BCUT2D eigenvalue weighted by Crippen LogP contribution is -2.45. The molecule has 1 aliphatic carbocycles. The van der Waals surface area contributed by atoms with Crippen LogP contribution >= 0.6 is 11.3 Å². The summed E-state index contributed by atoms with van der Waals surface area (Å²) in [6.07, 6.45) is 7.09. The Labute approximate surface area is 250 Å². The molecule has 2 atom stereocenters. The van der Waals surface area contributed by atoms with E-state index in [-0.39, 0.29) is 30.1 Å². The maximum Gasteiger partial charge on any atom is 0.224 e. The van der Waals surface area contributed by atoms with Gasteiger partial charge in [0.15, 0.2) is 5.78 Å². The summed E-state index contributed by atoms with van der Waals surface area (Å²) < 4.78 is 1.11. The van der Waals surface area contributed by atoms with E-state index < -0.39 is 5.92 Å². The van der Waals surface area contributed by atoms with Crippen LogP contribution in [0.25, 0.3) is 10.2 Å². The third-order valence-corrected chi connectivity index (χ3v) is 9.60. The summed E-state index contributed by atoms with van der Waals surface area (Å²) in [5, 5.41) is 6.86. The number of carbonyl (C=O) groups is 3. The van der Waals surface area contributed by atoms with Crippen molar-refractivity contribution < 1.29 is 14.4 Å². The Morgan fingerprint density at radius 2 is 1.83 bits per heavy atom. The van der Waals surface area contributed by atoms with Crippen molar-refractivity contribution in [1.82, 2.24) is 20.5 Å². The van der Waals surface area contributed by atoms with Crippen LogP contribution in [0.1, 0.15) is 95.6 Å². The average Bonchev–Trinajstić information content (AvgIpc) is 3.39. The van der Waals surface area contributed by atoms with E-state index >= 15 is 0 Å². The van der Waals surface area contributed by atoms with Crippen molar-refractivity contribution in [3.8, 4) is 0 Å². The summed E-state index contributed by atoms with van der Waals surface area (Å²) in [5.74, 6) is 0.0265. The first-order valence-corrected chi connectivity index (χ1v) is 16.3. The van der Waals surface area contributed by atoms with E-state index in [1.807, 2.05) is 6.07 Å². The summed E-state index contributed by atoms with van der Waals surface area (Å²) in [6.45, 7) is 14.9. The van der Waals surface area contributed by atoms with E-state index in [9.17, 15) is 14.4 Å². The number of nitrogens with zero attached hydrogens (tertiary/aromatic N) is 2. The summed E-state index contributed by atoms with van der Waals surface area (Å²) in [7, 11) is 1.60. The minimum atomic E-state index is -0.528. The minimum Gasteiger partial charge on any atom is -0.359 e. The van der Waals surface area contributed by atoms with Crippen LogP contribution in [0.3, 0.4) is 0 Å². The fourth-order valence-electron chi connectivity index (χ4n) is 5.76. The number of rotatable bonds is 16. The Bertz CT molecular complexity index is 1180. The number of hydrogen-bond acceptors (Lipinski definition) is 6. The number of benzene rings is 1. The predicted octanol–water partition coefficient (Wildman–Crippen LogP) is 6.03. The Hall–Kier alpha value is -2.58. The molecule has 7 nitrogen and oxygen atoms in total. The molecule has 2 N–H and O–H groups in total. The van der Waals surface area contributed by atoms with Crippen LogP contribution in [-0.4, -0.2) is 60.2 Å². The predicted molar refractivity (Wildman–Crippen MR) is 169 cm³/mol. The molecule has 0 aliphatic heterocycles. The van der Waals surface area contributed by atoms with Gasteiger partial charge in [0.2, 0.25) is 11.8 Å². The van der Waals surface area contributed by atoms with E-state index in [1.54, 1.807) is 18.4 Å². The number of ketones is 1. The molecule has 1 heterocycles. The van der Waals surface area contributed by atoms with Crippen LogP contribution in [0.5, 0.6) is 0 Å². The second kappa shape index (κ2) is 16.2. The summed E-state index contributed by atoms with van der Waals surface area (Å²) in [6, 6.07) is 6.24. The zero-order chi connectivity index (χ0) is 29.9. The first kappa shape index (κ1) is 32.9. The number of hydrogen-bond donors (Lipinski definition) is 2. The van der Waals surface area contributed by atoms with Gasteiger partial charge in [-0.3, -0.25) is 19.3 Å². The van der Waals surface area contributed by atoms with E-state index in [0.29, 0.717) is 43.2 Å². The van der Waals surface area contributed by atoms with Crippen LogP contribution in [0.15, 0.2) is 30.4 Å². The van der Waals surface area contributed by atoms with E-state index in [0.717, 1.165) is 54.0 Å². The lowest BCUT2D eigenvalue weighted by atomic mass is 9.81. The van der Waals surface area contributed by atoms with Gasteiger partial charge in [-0.05, 0) is 61.9 Å². The standard InChI is InChI=1S/C33H50N4O3S/c1-7-37(8-2)21-23(5)29(38)17-16-27(24-12-10-9-11-13-24)36-33(40)26(19-31(39)34-6)20-32-35-28-15-14-25(22(3)4)18-30(28)41-32/h14-15,18,22,24,26-27H,5,7-13,16-17,19-21H2,1-4,6H3,(H,34,39)(H,36,40)/t26-,27+/m0/s1. The fourth-order valence-corrected chi connectivity index (χ4v) is 6.86. The normalized spacial score (nSPS) is 15.7. The first-order chi connectivity index (χ1) is 19.6. The quantitative estimate of drug-likeness (QED) is 0.236. The number of fused-ring (bicyclic) bond motifs is 1. The molecule has 0 saturated heterocycles. The highest BCUT2D eigenvalue weighted by Crippen LogP contribution is 2.31. The lowest BCUT2D eigenvalue weighted by molar-refractivity contribution is -0.131. The third-order valence-electron chi connectivity index (χ3n) is 8.56. The van der Waals surface area contributed by atoms with Gasteiger partial charge < -0.3 is 10.6 Å². The molecule has 0 unspecified atom stereocenters. The summed E-state index contributed by atoms with van der Waals surface area (Å²) >= 11 is 1.60. The Kier molecular flexibility index (Phi) is 13.0. The number of thiazole rings is 1. The van der Waals surface area contributed by atoms with Crippen molar-refractivity contribution in [2.75, 3.05) is 26.7 Å². The lowest BCUT2D eigenvalue weighted by Gasteiger charge is -2.32. The topological polar surface area (TPSA) is 91.4 Å². The van der Waals surface area contributed by atoms with Gasteiger partial charge in [-0.25, -0.2) is 4.98 Å². The van der Waals surface area contributed by atoms with Gasteiger partial charge in [0.05, 0.1) is 21.1 Å². The second-order valence-corrected chi connectivity index (χ2v) is 12.9. The van der Waals surface area contributed by atoms with Crippen molar-refractivity contribution in [1.29, 1.82) is 0 Å². The van der Waals surface area contributed by atoms with Gasteiger partial charge in [0.1, 0.15) is 0 Å². The van der Waals surface area contributed by atoms with Gasteiger partial charge in [0, 0.05) is 44.5 Å². The molecule has 1 aliphatic rings. The van der Waals surface area contributed by atoms with Crippen molar-refractivity contribution in [2.24, 2.45) is 11.8 Å². The number of amides is 2. The smallest absolute Gasteiger partial charge is 0.224 e. The number of likely N-dealkylation sites (N-methyl/N-ethyl adjacent to an activating group) is 1. The number of Topliss-reactive ketones (excluding diaryl/α,β-unsaturated/α-hetero) is 1. The Balaban J connectivity index is 1.74.